The molecule has 2 nitrogen and oxygen atoms in total. The standard InChI is InChI=1S/C64H75BN2/c1-39-30-55-57-56(31-39)67(53-36-49-45(32-40(53)2)62(11,12)38-63(49,13)14)52-25-22-42(64(15,16)41-20-18-17-19-21-41)33-50(52)65(57)51-35-47-48(61(9,10)29-28-60(47,7)8)37-54(51)66(55)43-23-24-44-46(34-43)59(5,6)27-26-58(44,3)4/h17-25,30-37H,26-29,38H2,1-16H3/i1D3. The van der Waals surface area contributed by atoms with Gasteiger partial charge in [-0.1, -0.05) is 158 Å². The van der Waals surface area contributed by atoms with Crippen LogP contribution < -0.4 is 26.2 Å². The zero-order chi connectivity index (χ0) is 50.3. The largest absolute Gasteiger partial charge is 0.311 e. The normalized spacial score (nSPS) is 21.4. The smallest absolute Gasteiger partial charge is 0.252 e. The minimum absolute atomic E-state index is 0.0189. The first-order valence-electron chi connectivity index (χ1n) is 26.9. The van der Waals surface area contributed by atoms with Gasteiger partial charge >= 0.3 is 0 Å². The van der Waals surface area contributed by atoms with E-state index in [4.69, 9.17) is 0 Å². The molecule has 0 unspecified atom stereocenters. The molecular formula is C64H75BN2. The van der Waals surface area contributed by atoms with Gasteiger partial charge in [0.1, 0.15) is 0 Å². The van der Waals surface area contributed by atoms with Gasteiger partial charge in [-0.15, -0.1) is 0 Å². The van der Waals surface area contributed by atoms with E-state index in [0.717, 1.165) is 66.2 Å². The highest BCUT2D eigenvalue weighted by Crippen LogP contribution is 2.55. The van der Waals surface area contributed by atoms with E-state index in [-0.39, 0.29) is 44.6 Å². The average Bonchev–Trinajstić information content (AvgIpc) is 3.46. The summed E-state index contributed by atoms with van der Waals surface area (Å²) >= 11 is 0. The van der Waals surface area contributed by atoms with Crippen LogP contribution in [0.1, 0.15) is 189 Å². The van der Waals surface area contributed by atoms with Crippen molar-refractivity contribution in [2.24, 2.45) is 0 Å². The molecule has 0 fully saturated rings. The van der Waals surface area contributed by atoms with Crippen LogP contribution in [0.3, 0.4) is 0 Å². The average molecular weight is 886 g/mol. The summed E-state index contributed by atoms with van der Waals surface area (Å²) in [5.74, 6) is 0. The molecule has 2 aliphatic heterocycles. The molecule has 344 valence electrons. The Bertz CT molecular complexity index is 3180. The fourth-order valence-corrected chi connectivity index (χ4v) is 14.1. The minimum atomic E-state index is -2.36. The molecule has 0 spiro atoms. The Balaban J connectivity index is 1.29. The Morgan fingerprint density at radius 3 is 1.61 bits per heavy atom. The maximum absolute atomic E-state index is 9.22. The molecule has 3 aliphatic carbocycles. The fraction of sp³-hybridized carbons (Fsp3) is 0.438. The number of rotatable bonds is 4. The number of anilines is 6. The van der Waals surface area contributed by atoms with E-state index in [1.54, 1.807) is 0 Å². The Hall–Kier alpha value is -5.02. The van der Waals surface area contributed by atoms with Gasteiger partial charge in [-0.25, -0.2) is 0 Å². The van der Waals surface area contributed by atoms with Gasteiger partial charge in [0.05, 0.1) is 0 Å². The van der Waals surface area contributed by atoms with Crippen LogP contribution in [0.5, 0.6) is 0 Å². The van der Waals surface area contributed by atoms with Crippen molar-refractivity contribution in [2.75, 3.05) is 9.80 Å². The second-order valence-electron chi connectivity index (χ2n) is 26.1. The summed E-state index contributed by atoms with van der Waals surface area (Å²) in [7, 11) is 0. The first-order chi connectivity index (χ1) is 32.4. The first kappa shape index (κ1) is 41.0. The van der Waals surface area contributed by atoms with E-state index >= 15 is 0 Å². The van der Waals surface area contributed by atoms with Gasteiger partial charge in [-0.3, -0.25) is 0 Å². The van der Waals surface area contributed by atoms with Crippen LogP contribution in [0.15, 0.2) is 103 Å². The lowest BCUT2D eigenvalue weighted by atomic mass is 9.33. The van der Waals surface area contributed by atoms with E-state index in [1.165, 1.54) is 66.5 Å². The fourth-order valence-electron chi connectivity index (χ4n) is 14.1. The zero-order valence-corrected chi connectivity index (χ0v) is 43.3. The van der Waals surface area contributed by atoms with Crippen molar-refractivity contribution in [2.45, 2.75) is 181 Å². The van der Waals surface area contributed by atoms with E-state index < -0.39 is 6.85 Å². The molecule has 6 aromatic rings. The molecule has 0 bridgehead atoms. The molecule has 11 rings (SSSR count). The lowest BCUT2D eigenvalue weighted by Gasteiger charge is -2.48. The van der Waals surface area contributed by atoms with Gasteiger partial charge < -0.3 is 9.80 Å². The number of fused-ring (bicyclic) bond motifs is 7. The van der Waals surface area contributed by atoms with E-state index in [1.807, 2.05) is 12.1 Å². The lowest BCUT2D eigenvalue weighted by Crippen LogP contribution is -2.62. The summed E-state index contributed by atoms with van der Waals surface area (Å²) in [4.78, 5) is 4.97. The van der Waals surface area contributed by atoms with Crippen LogP contribution in [-0.4, -0.2) is 6.71 Å². The molecule has 5 aliphatic rings. The van der Waals surface area contributed by atoms with Crippen molar-refractivity contribution < 1.29 is 4.11 Å². The molecule has 0 amide bonds. The van der Waals surface area contributed by atoms with Crippen LogP contribution in [0.2, 0.25) is 0 Å². The summed E-state index contributed by atoms with van der Waals surface area (Å²) in [6, 6.07) is 39.6. The molecule has 2 heterocycles. The minimum Gasteiger partial charge on any atom is -0.311 e. The number of benzene rings is 6. The van der Waals surface area contributed by atoms with Gasteiger partial charge in [0.25, 0.3) is 6.71 Å². The number of aryl methyl sites for hydroxylation is 2. The van der Waals surface area contributed by atoms with Gasteiger partial charge in [0, 0.05) is 43.7 Å². The molecule has 6 aromatic carbocycles. The van der Waals surface area contributed by atoms with Gasteiger partial charge in [0.15, 0.2) is 0 Å². The summed E-state index contributed by atoms with van der Waals surface area (Å²) < 4.78 is 27.6. The van der Waals surface area contributed by atoms with Crippen molar-refractivity contribution in [1.29, 1.82) is 0 Å². The highest BCUT2D eigenvalue weighted by atomic mass is 15.2. The third kappa shape index (κ3) is 6.48. The molecule has 0 N–H and O–H groups in total. The first-order valence-corrected chi connectivity index (χ1v) is 25.4. The van der Waals surface area contributed by atoms with Gasteiger partial charge in [-0.05, 0) is 193 Å². The van der Waals surface area contributed by atoms with Crippen molar-refractivity contribution in [1.82, 2.24) is 0 Å². The molecule has 0 aromatic heterocycles. The van der Waals surface area contributed by atoms with Crippen LogP contribution in [-0.2, 0) is 37.9 Å². The monoisotopic (exact) mass is 886 g/mol. The molecular weight excluding hydrogens is 808 g/mol. The van der Waals surface area contributed by atoms with Crippen molar-refractivity contribution >= 4 is 57.2 Å². The van der Waals surface area contributed by atoms with Crippen LogP contribution >= 0.6 is 0 Å². The van der Waals surface area contributed by atoms with Crippen LogP contribution in [0.4, 0.5) is 34.1 Å². The highest BCUT2D eigenvalue weighted by molar-refractivity contribution is 7.00. The second-order valence-corrected chi connectivity index (χ2v) is 26.1. The molecule has 0 saturated heterocycles. The third-order valence-electron chi connectivity index (χ3n) is 18.3. The molecule has 0 saturated carbocycles. The summed E-state index contributed by atoms with van der Waals surface area (Å²) in [6.45, 7) is 33.4. The summed E-state index contributed by atoms with van der Waals surface area (Å²) in [6.07, 6.45) is 5.53. The third-order valence-corrected chi connectivity index (χ3v) is 18.3. The maximum Gasteiger partial charge on any atom is 0.252 e. The quantitative estimate of drug-likeness (QED) is 0.163. The summed E-state index contributed by atoms with van der Waals surface area (Å²) in [5, 5.41) is 0. The number of nitrogens with zero attached hydrogens (tertiary/aromatic N) is 2. The van der Waals surface area contributed by atoms with Crippen molar-refractivity contribution in [3.8, 4) is 0 Å². The van der Waals surface area contributed by atoms with Crippen molar-refractivity contribution in [3.05, 3.63) is 159 Å². The Morgan fingerprint density at radius 1 is 0.463 bits per heavy atom. The van der Waals surface area contributed by atoms with Gasteiger partial charge in [0.2, 0.25) is 0 Å². The van der Waals surface area contributed by atoms with Crippen molar-refractivity contribution in [3.63, 3.8) is 0 Å². The second kappa shape index (κ2) is 14.0. The maximum atomic E-state index is 9.22. The van der Waals surface area contributed by atoms with E-state index in [2.05, 4.69) is 205 Å². The molecule has 3 heteroatoms. The van der Waals surface area contributed by atoms with E-state index in [0.29, 0.717) is 5.56 Å². The Morgan fingerprint density at radius 2 is 0.985 bits per heavy atom. The lowest BCUT2D eigenvalue weighted by molar-refractivity contribution is 0.332. The molecule has 0 radical (unpaired) electrons. The topological polar surface area (TPSA) is 6.48 Å². The van der Waals surface area contributed by atoms with E-state index in [9.17, 15) is 4.11 Å². The highest BCUT2D eigenvalue weighted by Gasteiger charge is 2.49. The summed E-state index contributed by atoms with van der Waals surface area (Å²) in [5.41, 5.74) is 22.4. The number of hydrogen-bond acceptors (Lipinski definition) is 2. The number of hydrogen-bond donors (Lipinski definition) is 0. The zero-order valence-electron chi connectivity index (χ0n) is 46.3. The van der Waals surface area contributed by atoms with Crippen LogP contribution in [0.25, 0.3) is 0 Å². The molecule has 0 atom stereocenters. The predicted octanol–water partition coefficient (Wildman–Crippen LogP) is 15.4. The van der Waals surface area contributed by atoms with Crippen LogP contribution in [0, 0.1) is 13.8 Å². The van der Waals surface area contributed by atoms with Gasteiger partial charge in [-0.2, -0.15) is 0 Å². The molecule has 67 heavy (non-hydrogen) atoms. The predicted molar refractivity (Wildman–Crippen MR) is 290 cm³/mol. The Labute approximate surface area is 408 Å². The Kier molecular flexibility index (Phi) is 8.60. The SMILES string of the molecule is [2H]C([2H])([2H])c1cc2c3c(c1)N(c1cc4c(cc1C)C(C)(C)CC4(C)C)c1ccc(C(C)(C)c4ccccc4)cc1B3c1cc3c(cc1N2c1ccc2c(c1)C(C)(C)CCC2(C)C)C(C)(C)CCC3(C)C.